The van der Waals surface area contributed by atoms with Gasteiger partial charge in [0.05, 0.1) is 30.3 Å². The molecule has 2 aromatic heterocycles. The van der Waals surface area contributed by atoms with Gasteiger partial charge in [-0.2, -0.15) is 4.72 Å². The van der Waals surface area contributed by atoms with Crippen LogP contribution >= 0.6 is 11.6 Å². The Morgan fingerprint density at radius 3 is 2.54 bits per heavy atom. The smallest absolute Gasteiger partial charge is 0.391 e. The Morgan fingerprint density at radius 1 is 1.21 bits per heavy atom. The van der Waals surface area contributed by atoms with Gasteiger partial charge in [0.1, 0.15) is 17.6 Å². The van der Waals surface area contributed by atoms with Crippen LogP contribution in [-0.4, -0.2) is 59.7 Å². The van der Waals surface area contributed by atoms with E-state index in [-0.39, 0.29) is 34.3 Å². The summed E-state index contributed by atoms with van der Waals surface area (Å²) < 4.78 is 55.2. The fraction of sp³-hybridized carbons (Fsp3) is 0.440. The van der Waals surface area contributed by atoms with E-state index in [4.69, 9.17) is 20.8 Å². The normalized spacial score (nSPS) is 20.7. The first kappa shape index (κ1) is 27.4. The highest BCUT2D eigenvalue weighted by Crippen LogP contribution is 2.36. The number of hydrogen-bond donors (Lipinski definition) is 2. The number of nitrogens with one attached hydrogen (secondary N) is 2. The van der Waals surface area contributed by atoms with Crippen molar-refractivity contribution in [3.63, 3.8) is 0 Å². The maximum absolute atomic E-state index is 15.0. The number of aromatic amines is 1. The second kappa shape index (κ2) is 10.5. The van der Waals surface area contributed by atoms with E-state index in [1.165, 1.54) is 12.1 Å². The number of morpholine rings is 1. The molecule has 2 saturated heterocycles. The van der Waals surface area contributed by atoms with Gasteiger partial charge in [-0.3, -0.25) is 4.79 Å². The lowest BCUT2D eigenvalue weighted by Gasteiger charge is -2.34. The van der Waals surface area contributed by atoms with Crippen molar-refractivity contribution >= 4 is 27.5 Å². The van der Waals surface area contributed by atoms with E-state index in [0.29, 0.717) is 18.8 Å². The average Bonchev–Trinajstić information content (AvgIpc) is 3.43. The van der Waals surface area contributed by atoms with Gasteiger partial charge in [-0.25, -0.2) is 27.7 Å². The molecule has 39 heavy (non-hydrogen) atoms. The fourth-order valence-corrected chi connectivity index (χ4v) is 6.71. The second-order valence-electron chi connectivity index (χ2n) is 9.86. The number of halogens is 2. The first-order valence-corrected chi connectivity index (χ1v) is 14.2. The minimum Gasteiger partial charge on any atom is -0.391 e. The lowest BCUT2D eigenvalue weighted by Crippen LogP contribution is -2.49. The minimum absolute atomic E-state index is 0.00511. The maximum Gasteiger partial charge on any atom is 0.434 e. The van der Waals surface area contributed by atoms with E-state index in [0.717, 1.165) is 24.5 Å². The number of pyridine rings is 1. The topological polar surface area (TPSA) is 147 Å². The van der Waals surface area contributed by atoms with Crippen molar-refractivity contribution in [3.05, 3.63) is 73.9 Å². The number of carbonyl (C=O) groups is 1. The Morgan fingerprint density at radius 2 is 1.90 bits per heavy atom. The summed E-state index contributed by atoms with van der Waals surface area (Å²) in [6.07, 6.45) is 1.55. The Bertz CT molecular complexity index is 1580. The van der Waals surface area contributed by atoms with E-state index in [1.54, 1.807) is 31.7 Å². The minimum atomic E-state index is -4.46. The van der Waals surface area contributed by atoms with Gasteiger partial charge in [0, 0.05) is 5.92 Å². The first-order valence-electron chi connectivity index (χ1n) is 12.4. The van der Waals surface area contributed by atoms with E-state index >= 15 is 0 Å². The zero-order valence-corrected chi connectivity index (χ0v) is 23.0. The van der Waals surface area contributed by atoms with Gasteiger partial charge in [0.25, 0.3) is 15.9 Å². The number of hydrogen-bond acceptors (Lipinski definition) is 8. The highest BCUT2D eigenvalue weighted by Gasteiger charge is 2.42. The number of aromatic nitrogens is 3. The van der Waals surface area contributed by atoms with Crippen LogP contribution in [0.15, 0.2) is 38.5 Å². The monoisotopic (exact) mass is 579 g/mol. The number of amides is 1. The Hall–Kier alpha value is -3.13. The highest BCUT2D eigenvalue weighted by molar-refractivity contribution is 7.89. The van der Waals surface area contributed by atoms with E-state index in [2.05, 4.69) is 19.9 Å². The quantitative estimate of drug-likeness (QED) is 0.434. The van der Waals surface area contributed by atoms with Gasteiger partial charge in [-0.05, 0) is 61.6 Å². The van der Waals surface area contributed by atoms with Crippen molar-refractivity contribution in [2.24, 2.45) is 0 Å². The number of H-pyrrole nitrogens is 1. The van der Waals surface area contributed by atoms with Crippen LogP contribution in [0.2, 0.25) is 5.02 Å². The van der Waals surface area contributed by atoms with Gasteiger partial charge >= 0.3 is 5.76 Å². The maximum atomic E-state index is 15.0. The molecule has 2 bridgehead atoms. The number of nitrogens with zero attached hydrogens (tertiary/aromatic N) is 3. The van der Waals surface area contributed by atoms with Crippen LogP contribution in [0.1, 0.15) is 64.8 Å². The molecule has 0 saturated carbocycles. The van der Waals surface area contributed by atoms with Gasteiger partial charge in [-0.15, -0.1) is 5.10 Å². The number of fused-ring (bicyclic) bond motifs is 2. The molecule has 0 radical (unpaired) electrons. The van der Waals surface area contributed by atoms with Crippen molar-refractivity contribution in [1.82, 2.24) is 24.8 Å². The number of carbonyl (C=O) groups excluding carboxylic acids is 1. The largest absolute Gasteiger partial charge is 0.434 e. The average molecular weight is 580 g/mol. The number of aryl methyl sites for hydroxylation is 1. The van der Waals surface area contributed by atoms with Crippen molar-refractivity contribution < 1.29 is 26.8 Å². The standard InChI is InChI=1S/C25H27ClFN5O6S/c1-12-4-8-18(27)20(13(12)2)14(3)21(23-29-30-25(34)38-23)31-39(35,36)19-9-7-17(26)22(28-19)24(33)32-15-5-6-16(32)11-37-10-15/h4,7-9,14-16,21,31H,5-6,10-11H2,1-3H3,(H,30,34). The van der Waals surface area contributed by atoms with Crippen LogP contribution in [0.4, 0.5) is 4.39 Å². The van der Waals surface area contributed by atoms with Crippen molar-refractivity contribution in [2.75, 3.05) is 13.2 Å². The fourth-order valence-electron chi connectivity index (χ4n) is 5.30. The van der Waals surface area contributed by atoms with Crippen molar-refractivity contribution in [3.8, 4) is 0 Å². The molecule has 2 fully saturated rings. The van der Waals surface area contributed by atoms with E-state index < -0.39 is 44.5 Å². The van der Waals surface area contributed by atoms with Crippen LogP contribution in [0.3, 0.4) is 0 Å². The van der Waals surface area contributed by atoms with Gasteiger partial charge in [0.15, 0.2) is 5.03 Å². The van der Waals surface area contributed by atoms with Gasteiger partial charge < -0.3 is 14.1 Å². The SMILES string of the molecule is Cc1ccc(F)c(C(C)C(NS(=O)(=O)c2ccc(Cl)c(C(=O)N3C4CCC3COC4)n2)c2n[nH]c(=O)o2)c1C. The lowest BCUT2D eigenvalue weighted by atomic mass is 9.88. The number of ether oxygens (including phenoxy) is 1. The summed E-state index contributed by atoms with van der Waals surface area (Å²) in [5.74, 6) is -3.07. The second-order valence-corrected chi connectivity index (χ2v) is 11.9. The third kappa shape index (κ3) is 5.11. The van der Waals surface area contributed by atoms with Gasteiger partial charge in [-0.1, -0.05) is 24.6 Å². The Labute approximate surface area is 228 Å². The Balaban J connectivity index is 1.51. The predicted molar refractivity (Wildman–Crippen MR) is 138 cm³/mol. The molecule has 0 aliphatic carbocycles. The molecule has 1 amide bonds. The number of sulfonamides is 1. The van der Waals surface area contributed by atoms with Gasteiger partial charge in [0.2, 0.25) is 5.89 Å². The molecule has 1 aromatic carbocycles. The summed E-state index contributed by atoms with van der Waals surface area (Å²) in [6, 6.07) is 3.80. The molecule has 2 N–H and O–H groups in total. The predicted octanol–water partition coefficient (Wildman–Crippen LogP) is 2.99. The van der Waals surface area contributed by atoms with Crippen LogP contribution in [0.25, 0.3) is 0 Å². The van der Waals surface area contributed by atoms with Crippen LogP contribution in [0.5, 0.6) is 0 Å². The summed E-state index contributed by atoms with van der Waals surface area (Å²) in [6.45, 7) is 5.89. The molecular weight excluding hydrogens is 553 g/mol. The van der Waals surface area contributed by atoms with Crippen LogP contribution in [-0.2, 0) is 14.8 Å². The summed E-state index contributed by atoms with van der Waals surface area (Å²) in [5.41, 5.74) is 1.44. The van der Waals surface area contributed by atoms with Crippen LogP contribution in [0, 0.1) is 19.7 Å². The molecule has 3 aromatic rings. The van der Waals surface area contributed by atoms with Crippen molar-refractivity contribution in [2.45, 2.75) is 62.7 Å². The third-order valence-corrected chi connectivity index (χ3v) is 9.11. The molecular formula is C25H27ClFN5O6S. The third-order valence-electron chi connectivity index (χ3n) is 7.46. The molecule has 4 atom stereocenters. The molecule has 5 rings (SSSR count). The number of rotatable bonds is 7. The van der Waals surface area contributed by atoms with Crippen LogP contribution < -0.4 is 10.5 Å². The van der Waals surface area contributed by atoms with E-state index in [1.807, 2.05) is 0 Å². The first-order chi connectivity index (χ1) is 18.5. The van der Waals surface area contributed by atoms with E-state index in [9.17, 15) is 22.4 Å². The summed E-state index contributed by atoms with van der Waals surface area (Å²) in [4.78, 5) is 30.9. The molecule has 14 heteroatoms. The lowest BCUT2D eigenvalue weighted by molar-refractivity contribution is -0.00749. The summed E-state index contributed by atoms with van der Waals surface area (Å²) in [7, 11) is -4.46. The zero-order chi connectivity index (χ0) is 28.1. The molecule has 208 valence electrons. The summed E-state index contributed by atoms with van der Waals surface area (Å²) in [5, 5.41) is 5.43. The summed E-state index contributed by atoms with van der Waals surface area (Å²) >= 11 is 6.30. The number of benzene rings is 1. The molecule has 0 spiro atoms. The zero-order valence-electron chi connectivity index (χ0n) is 21.4. The highest BCUT2D eigenvalue weighted by atomic mass is 35.5. The molecule has 11 nitrogen and oxygen atoms in total. The molecule has 4 unspecified atom stereocenters. The molecule has 2 aliphatic rings. The van der Waals surface area contributed by atoms with Crippen molar-refractivity contribution in [1.29, 1.82) is 0 Å². The molecule has 2 aliphatic heterocycles. The Kier molecular flexibility index (Phi) is 7.35. The molecule has 4 heterocycles.